The van der Waals surface area contributed by atoms with Gasteiger partial charge in [-0.1, -0.05) is 12.6 Å². The molecule has 5 nitrogen and oxygen atoms in total. The van der Waals surface area contributed by atoms with Crippen molar-refractivity contribution in [3.63, 3.8) is 0 Å². The van der Waals surface area contributed by atoms with Crippen LogP contribution in [0.5, 0.6) is 0 Å². The van der Waals surface area contributed by atoms with Gasteiger partial charge in [-0.15, -0.1) is 0 Å². The second kappa shape index (κ2) is 6.92. The van der Waals surface area contributed by atoms with Crippen LogP contribution in [0.2, 0.25) is 0 Å². The molecule has 3 rings (SSSR count). The molecule has 1 amide bonds. The van der Waals surface area contributed by atoms with Crippen molar-refractivity contribution in [2.75, 3.05) is 5.32 Å². The van der Waals surface area contributed by atoms with Gasteiger partial charge >= 0.3 is 0 Å². The molecule has 0 radical (unpaired) electrons. The van der Waals surface area contributed by atoms with Crippen molar-refractivity contribution < 1.29 is 17.6 Å². The first-order valence-corrected chi connectivity index (χ1v) is 9.64. The lowest BCUT2D eigenvalue weighted by Gasteiger charge is -2.11. The first-order valence-electron chi connectivity index (χ1n) is 8.15. The second-order valence-corrected chi connectivity index (χ2v) is 8.03. The van der Waals surface area contributed by atoms with E-state index in [0.29, 0.717) is 16.9 Å². The van der Waals surface area contributed by atoms with E-state index < -0.39 is 15.9 Å². The van der Waals surface area contributed by atoms with E-state index >= 15 is 0 Å². The quantitative estimate of drug-likeness (QED) is 0.811. The van der Waals surface area contributed by atoms with Crippen LogP contribution in [0.4, 0.5) is 10.1 Å². The minimum Gasteiger partial charge on any atom is -0.322 e. The number of nitrogens with one attached hydrogen (secondary N) is 2. The normalized spacial score (nSPS) is 13.9. The maximum Gasteiger partial charge on any atom is 0.261 e. The number of hydrogen-bond donors (Lipinski definition) is 2. The summed E-state index contributed by atoms with van der Waals surface area (Å²) in [6, 6.07) is 9.95. The van der Waals surface area contributed by atoms with E-state index in [1.54, 1.807) is 6.92 Å². The van der Waals surface area contributed by atoms with Gasteiger partial charge in [0.25, 0.3) is 15.9 Å². The van der Waals surface area contributed by atoms with Gasteiger partial charge in [-0.05, 0) is 67.6 Å². The molecule has 0 bridgehead atoms. The summed E-state index contributed by atoms with van der Waals surface area (Å²) in [5.41, 5.74) is 1.50. The number of halogens is 1. The van der Waals surface area contributed by atoms with Gasteiger partial charge < -0.3 is 5.32 Å². The van der Waals surface area contributed by atoms with Crippen molar-refractivity contribution >= 4 is 21.6 Å². The monoisotopic (exact) mass is 374 g/mol. The molecule has 26 heavy (non-hydrogen) atoms. The van der Waals surface area contributed by atoms with Gasteiger partial charge in [-0.3, -0.25) is 9.52 Å². The third kappa shape index (κ3) is 4.11. The molecular formula is C19H19FN2O3S. The molecule has 136 valence electrons. The van der Waals surface area contributed by atoms with E-state index in [9.17, 15) is 17.6 Å². The lowest BCUT2D eigenvalue weighted by Crippen LogP contribution is -2.24. The standard InChI is InChI=1S/C19H19FN2O3S/c1-12-10-16(8-9-18(12)20)21-19(23)15-4-3-5-17(11-15)26(24,25)22-13(2)14-6-7-14/h3-5,8-11,14,22H,2,6-7H2,1H3,(H,21,23). The number of amides is 1. The molecule has 0 atom stereocenters. The summed E-state index contributed by atoms with van der Waals surface area (Å²) in [5.74, 6) is -0.648. The summed E-state index contributed by atoms with van der Waals surface area (Å²) in [4.78, 5) is 12.4. The number of allylic oxidation sites excluding steroid dienone is 1. The second-order valence-electron chi connectivity index (χ2n) is 6.35. The van der Waals surface area contributed by atoms with Crippen LogP contribution in [0.1, 0.15) is 28.8 Å². The third-order valence-electron chi connectivity index (χ3n) is 4.16. The highest BCUT2D eigenvalue weighted by Crippen LogP contribution is 2.34. The third-order valence-corrected chi connectivity index (χ3v) is 5.56. The van der Waals surface area contributed by atoms with E-state index in [-0.39, 0.29) is 22.2 Å². The Balaban J connectivity index is 1.78. The molecule has 2 N–H and O–H groups in total. The molecule has 7 heteroatoms. The van der Waals surface area contributed by atoms with Gasteiger partial charge in [0, 0.05) is 16.9 Å². The highest BCUT2D eigenvalue weighted by Gasteiger charge is 2.28. The number of anilines is 1. The van der Waals surface area contributed by atoms with Crippen molar-refractivity contribution in [3.8, 4) is 0 Å². The van der Waals surface area contributed by atoms with E-state index in [4.69, 9.17) is 0 Å². The minimum absolute atomic E-state index is 0.0118. The van der Waals surface area contributed by atoms with E-state index in [1.165, 1.54) is 42.5 Å². The highest BCUT2D eigenvalue weighted by molar-refractivity contribution is 7.89. The Labute approximate surface area is 152 Å². The zero-order valence-electron chi connectivity index (χ0n) is 14.3. The lowest BCUT2D eigenvalue weighted by molar-refractivity contribution is 0.102. The predicted molar refractivity (Wildman–Crippen MR) is 97.7 cm³/mol. The van der Waals surface area contributed by atoms with Crippen LogP contribution >= 0.6 is 0 Å². The summed E-state index contributed by atoms with van der Waals surface area (Å²) in [6.07, 6.45) is 1.86. The number of aryl methyl sites for hydroxylation is 1. The molecule has 0 aliphatic heterocycles. The molecule has 2 aromatic rings. The maximum absolute atomic E-state index is 13.3. The number of hydrogen-bond acceptors (Lipinski definition) is 3. The first kappa shape index (κ1) is 18.1. The Morgan fingerprint density at radius 1 is 1.19 bits per heavy atom. The van der Waals surface area contributed by atoms with Gasteiger partial charge in [0.1, 0.15) is 5.82 Å². The molecule has 1 fully saturated rings. The smallest absolute Gasteiger partial charge is 0.261 e. The molecule has 1 aliphatic carbocycles. The first-order chi connectivity index (χ1) is 12.3. The Morgan fingerprint density at radius 2 is 1.92 bits per heavy atom. The van der Waals surface area contributed by atoms with E-state index in [2.05, 4.69) is 16.6 Å². The van der Waals surface area contributed by atoms with Crippen molar-refractivity contribution in [2.24, 2.45) is 5.92 Å². The van der Waals surface area contributed by atoms with Gasteiger partial charge in [0.2, 0.25) is 0 Å². The van der Waals surface area contributed by atoms with E-state index in [1.807, 2.05) is 0 Å². The molecule has 1 aliphatic rings. The molecule has 0 saturated heterocycles. The number of sulfonamides is 1. The largest absolute Gasteiger partial charge is 0.322 e. The Hall–Kier alpha value is -2.67. The summed E-state index contributed by atoms with van der Waals surface area (Å²) >= 11 is 0. The van der Waals surface area contributed by atoms with Crippen LogP contribution in [0.25, 0.3) is 0 Å². The number of carbonyl (C=O) groups excluding carboxylic acids is 1. The van der Waals surface area contributed by atoms with Crippen molar-refractivity contribution in [3.05, 3.63) is 71.7 Å². The van der Waals surface area contributed by atoms with Gasteiger partial charge in [-0.25, -0.2) is 12.8 Å². The SMILES string of the molecule is C=C(NS(=O)(=O)c1cccc(C(=O)Nc2ccc(F)c(C)c2)c1)C1CC1. The van der Waals surface area contributed by atoms with Crippen molar-refractivity contribution in [1.29, 1.82) is 0 Å². The molecular weight excluding hydrogens is 355 g/mol. The zero-order chi connectivity index (χ0) is 18.9. The van der Waals surface area contributed by atoms with Crippen molar-refractivity contribution in [1.82, 2.24) is 4.72 Å². The minimum atomic E-state index is -3.78. The molecule has 0 unspecified atom stereocenters. The van der Waals surface area contributed by atoms with Crippen LogP contribution in [0.15, 0.2) is 59.6 Å². The maximum atomic E-state index is 13.3. The van der Waals surface area contributed by atoms with Crippen LogP contribution in [0.3, 0.4) is 0 Å². The van der Waals surface area contributed by atoms with Crippen LogP contribution in [0, 0.1) is 18.7 Å². The van der Waals surface area contributed by atoms with E-state index in [0.717, 1.165) is 12.8 Å². The zero-order valence-corrected chi connectivity index (χ0v) is 15.1. The van der Waals surface area contributed by atoms with Crippen LogP contribution in [-0.2, 0) is 10.0 Å². The molecule has 0 aromatic heterocycles. The van der Waals surface area contributed by atoms with Crippen LogP contribution < -0.4 is 10.0 Å². The van der Waals surface area contributed by atoms with Crippen LogP contribution in [-0.4, -0.2) is 14.3 Å². The molecule has 1 saturated carbocycles. The number of benzene rings is 2. The molecule has 0 heterocycles. The summed E-state index contributed by atoms with van der Waals surface area (Å²) in [7, 11) is -3.78. The topological polar surface area (TPSA) is 75.3 Å². The van der Waals surface area contributed by atoms with Crippen molar-refractivity contribution in [2.45, 2.75) is 24.7 Å². The number of carbonyl (C=O) groups is 1. The Bertz CT molecular complexity index is 982. The predicted octanol–water partition coefficient (Wildman–Crippen LogP) is 3.59. The molecule has 2 aromatic carbocycles. The van der Waals surface area contributed by atoms with Gasteiger partial charge in [-0.2, -0.15) is 0 Å². The fraction of sp³-hybridized carbons (Fsp3) is 0.211. The fourth-order valence-electron chi connectivity index (χ4n) is 2.48. The summed E-state index contributed by atoms with van der Waals surface area (Å²) in [6.45, 7) is 5.35. The fourth-order valence-corrected chi connectivity index (χ4v) is 3.65. The Kier molecular flexibility index (Phi) is 4.82. The molecule has 0 spiro atoms. The Morgan fingerprint density at radius 3 is 2.58 bits per heavy atom. The lowest BCUT2D eigenvalue weighted by atomic mass is 10.2. The average Bonchev–Trinajstić information content (AvgIpc) is 3.43. The average molecular weight is 374 g/mol. The summed E-state index contributed by atoms with van der Waals surface area (Å²) in [5, 5.41) is 2.64. The van der Waals surface area contributed by atoms with Gasteiger partial charge in [0.05, 0.1) is 4.90 Å². The van der Waals surface area contributed by atoms with Gasteiger partial charge in [0.15, 0.2) is 0 Å². The number of rotatable bonds is 6. The summed E-state index contributed by atoms with van der Waals surface area (Å²) < 4.78 is 40.7. The highest BCUT2D eigenvalue weighted by atomic mass is 32.2.